The number of ether oxygens (including phenoxy) is 1. The lowest BCUT2D eigenvalue weighted by molar-refractivity contribution is 0.287. The van der Waals surface area contributed by atoms with Crippen LogP contribution in [0.5, 0.6) is 5.75 Å². The molecule has 2 aromatic carbocycles. The Balaban J connectivity index is 1.31. The van der Waals surface area contributed by atoms with Gasteiger partial charge in [0.1, 0.15) is 23.1 Å². The number of rotatable bonds is 5. The molecule has 37 heavy (non-hydrogen) atoms. The van der Waals surface area contributed by atoms with Crippen molar-refractivity contribution in [1.29, 1.82) is 0 Å². The topological polar surface area (TPSA) is 63.2 Å². The van der Waals surface area contributed by atoms with E-state index in [1.165, 1.54) is 17.2 Å². The number of hydrogen-bond acceptors (Lipinski definition) is 7. The highest BCUT2D eigenvalue weighted by molar-refractivity contribution is 7.18. The Morgan fingerprint density at radius 3 is 2.81 bits per heavy atom. The maximum absolute atomic E-state index is 15.0. The first kappa shape index (κ1) is 23.9. The third kappa shape index (κ3) is 4.69. The number of benzene rings is 2. The molecular weight excluding hydrogens is 492 g/mol. The molecule has 0 amide bonds. The van der Waals surface area contributed by atoms with Gasteiger partial charge in [-0.2, -0.15) is 0 Å². The molecule has 0 aliphatic carbocycles. The molecule has 190 valence electrons. The van der Waals surface area contributed by atoms with E-state index < -0.39 is 11.6 Å². The molecule has 9 heteroatoms. The van der Waals surface area contributed by atoms with Gasteiger partial charge in [-0.25, -0.2) is 23.7 Å². The first-order valence-corrected chi connectivity index (χ1v) is 13.3. The second-order valence-corrected chi connectivity index (χ2v) is 10.7. The molecule has 2 aromatic heterocycles. The van der Waals surface area contributed by atoms with Crippen LogP contribution in [0, 0.1) is 11.6 Å². The van der Waals surface area contributed by atoms with Crippen molar-refractivity contribution in [3.05, 3.63) is 70.6 Å². The third-order valence-corrected chi connectivity index (χ3v) is 7.82. The van der Waals surface area contributed by atoms with E-state index in [0.29, 0.717) is 36.6 Å². The van der Waals surface area contributed by atoms with Crippen molar-refractivity contribution in [2.75, 3.05) is 31.1 Å². The molecular formula is C28H27F2N5OS. The quantitative estimate of drug-likeness (QED) is 0.370. The molecule has 0 fully saturated rings. The average molecular weight is 520 g/mol. The van der Waals surface area contributed by atoms with E-state index in [9.17, 15) is 8.78 Å². The van der Waals surface area contributed by atoms with E-state index in [2.05, 4.69) is 44.5 Å². The lowest BCUT2D eigenvalue weighted by Gasteiger charge is -2.34. The number of aromatic nitrogens is 3. The van der Waals surface area contributed by atoms with E-state index in [1.807, 2.05) is 13.8 Å². The van der Waals surface area contributed by atoms with Crippen LogP contribution < -0.4 is 15.0 Å². The normalized spacial score (nSPS) is 15.6. The van der Waals surface area contributed by atoms with Gasteiger partial charge in [-0.1, -0.05) is 12.1 Å². The van der Waals surface area contributed by atoms with Crippen LogP contribution in [0.4, 0.5) is 14.5 Å². The van der Waals surface area contributed by atoms with Gasteiger partial charge < -0.3 is 15.0 Å². The SMILES string of the molecule is CC(C)N1CCOc2c(F)cc(-c3nc(Cc4nc5cc(C6=CCNCC6)ccc5s4)ncc3F)cc21. The van der Waals surface area contributed by atoms with Crippen LogP contribution in [-0.4, -0.2) is 47.2 Å². The molecule has 1 N–H and O–H groups in total. The zero-order chi connectivity index (χ0) is 25.5. The molecule has 0 bridgehead atoms. The lowest BCUT2D eigenvalue weighted by atomic mass is 10.0. The van der Waals surface area contributed by atoms with Crippen molar-refractivity contribution in [2.24, 2.45) is 0 Å². The minimum Gasteiger partial charge on any atom is -0.486 e. The van der Waals surface area contributed by atoms with Crippen molar-refractivity contribution in [2.45, 2.75) is 32.7 Å². The summed E-state index contributed by atoms with van der Waals surface area (Å²) in [6.45, 7) is 6.98. The van der Waals surface area contributed by atoms with Gasteiger partial charge in [-0.05, 0) is 62.2 Å². The number of thiazole rings is 1. The van der Waals surface area contributed by atoms with Crippen LogP contribution >= 0.6 is 11.3 Å². The Morgan fingerprint density at radius 1 is 1.11 bits per heavy atom. The summed E-state index contributed by atoms with van der Waals surface area (Å²) >= 11 is 1.58. The van der Waals surface area contributed by atoms with Gasteiger partial charge >= 0.3 is 0 Å². The molecule has 6 rings (SSSR count). The summed E-state index contributed by atoms with van der Waals surface area (Å²) in [6.07, 6.45) is 4.74. The second-order valence-electron chi connectivity index (χ2n) is 9.58. The van der Waals surface area contributed by atoms with E-state index in [0.717, 1.165) is 40.9 Å². The number of fused-ring (bicyclic) bond motifs is 2. The molecule has 4 aromatic rings. The van der Waals surface area contributed by atoms with Crippen molar-refractivity contribution in [3.8, 4) is 17.0 Å². The van der Waals surface area contributed by atoms with Crippen molar-refractivity contribution < 1.29 is 13.5 Å². The Labute approximate surface area is 218 Å². The van der Waals surface area contributed by atoms with Crippen LogP contribution in [0.15, 0.2) is 42.6 Å². The Bertz CT molecular complexity index is 1520. The molecule has 4 heterocycles. The zero-order valence-corrected chi connectivity index (χ0v) is 21.5. The standard InChI is InChI=1S/C28H27F2N5OS/c1-16(2)35-9-10-36-28-20(29)11-19(13-23(28)35)27-21(30)15-32-25(34-27)14-26-33-22-12-18(3-4-24(22)37-26)17-5-7-31-8-6-17/h3-5,11-13,15-16,31H,6-10,14H2,1-2H3. The molecule has 2 aliphatic rings. The first-order chi connectivity index (χ1) is 18.0. The summed E-state index contributed by atoms with van der Waals surface area (Å²) in [5.74, 6) is -0.484. The molecule has 0 saturated carbocycles. The number of hydrogen-bond donors (Lipinski definition) is 1. The zero-order valence-electron chi connectivity index (χ0n) is 20.7. The highest BCUT2D eigenvalue weighted by Gasteiger charge is 2.26. The predicted octanol–water partition coefficient (Wildman–Crippen LogP) is 5.61. The fourth-order valence-corrected chi connectivity index (χ4v) is 5.88. The number of nitrogens with one attached hydrogen (secondary N) is 1. The summed E-state index contributed by atoms with van der Waals surface area (Å²) in [4.78, 5) is 15.6. The van der Waals surface area contributed by atoms with E-state index in [4.69, 9.17) is 9.72 Å². The fourth-order valence-electron chi connectivity index (χ4n) is 4.94. The fraction of sp³-hybridized carbons (Fsp3) is 0.321. The van der Waals surface area contributed by atoms with E-state index in [-0.39, 0.29) is 17.5 Å². The van der Waals surface area contributed by atoms with Gasteiger partial charge in [0.05, 0.1) is 35.1 Å². The molecule has 0 saturated heterocycles. The Kier molecular flexibility index (Phi) is 6.34. The summed E-state index contributed by atoms with van der Waals surface area (Å²) in [5, 5.41) is 4.19. The first-order valence-electron chi connectivity index (χ1n) is 12.5. The molecule has 6 nitrogen and oxygen atoms in total. The molecule has 0 spiro atoms. The summed E-state index contributed by atoms with van der Waals surface area (Å²) in [7, 11) is 0. The van der Waals surface area contributed by atoms with Gasteiger partial charge in [0.15, 0.2) is 17.4 Å². The van der Waals surface area contributed by atoms with Crippen LogP contribution in [0.1, 0.15) is 36.7 Å². The predicted molar refractivity (Wildman–Crippen MR) is 143 cm³/mol. The van der Waals surface area contributed by atoms with Crippen molar-refractivity contribution in [1.82, 2.24) is 20.3 Å². The summed E-state index contributed by atoms with van der Waals surface area (Å²) < 4.78 is 36.5. The largest absolute Gasteiger partial charge is 0.486 e. The van der Waals surface area contributed by atoms with E-state index in [1.54, 1.807) is 17.4 Å². The van der Waals surface area contributed by atoms with E-state index >= 15 is 0 Å². The monoisotopic (exact) mass is 519 g/mol. The number of halogens is 2. The molecule has 2 aliphatic heterocycles. The lowest BCUT2D eigenvalue weighted by Crippen LogP contribution is -2.38. The Morgan fingerprint density at radius 2 is 2.00 bits per heavy atom. The van der Waals surface area contributed by atoms with Crippen LogP contribution in [0.2, 0.25) is 0 Å². The smallest absolute Gasteiger partial charge is 0.178 e. The minimum absolute atomic E-state index is 0.0715. The van der Waals surface area contributed by atoms with Gasteiger partial charge in [-0.15, -0.1) is 11.3 Å². The number of anilines is 1. The average Bonchev–Trinajstić information content (AvgIpc) is 3.31. The summed E-state index contributed by atoms with van der Waals surface area (Å²) in [6, 6.07) is 9.55. The summed E-state index contributed by atoms with van der Waals surface area (Å²) in [5.41, 5.74) is 4.51. The van der Waals surface area contributed by atoms with Gasteiger partial charge in [0.2, 0.25) is 0 Å². The van der Waals surface area contributed by atoms with Gasteiger partial charge in [-0.3, -0.25) is 0 Å². The highest BCUT2D eigenvalue weighted by Crippen LogP contribution is 2.39. The third-order valence-electron chi connectivity index (χ3n) is 6.78. The number of nitrogens with zero attached hydrogens (tertiary/aromatic N) is 4. The molecule has 0 atom stereocenters. The van der Waals surface area contributed by atoms with Crippen LogP contribution in [-0.2, 0) is 6.42 Å². The minimum atomic E-state index is -0.597. The van der Waals surface area contributed by atoms with Crippen LogP contribution in [0.25, 0.3) is 27.0 Å². The Hall–Kier alpha value is -3.43. The second kappa shape index (κ2) is 9.79. The molecule has 0 unspecified atom stereocenters. The maximum atomic E-state index is 15.0. The van der Waals surface area contributed by atoms with Crippen molar-refractivity contribution >= 4 is 32.8 Å². The highest BCUT2D eigenvalue weighted by atomic mass is 32.1. The van der Waals surface area contributed by atoms with Gasteiger partial charge in [0.25, 0.3) is 0 Å². The van der Waals surface area contributed by atoms with Gasteiger partial charge in [0, 0.05) is 18.2 Å². The van der Waals surface area contributed by atoms with Crippen LogP contribution in [0.3, 0.4) is 0 Å². The van der Waals surface area contributed by atoms with Crippen molar-refractivity contribution in [3.63, 3.8) is 0 Å². The maximum Gasteiger partial charge on any atom is 0.178 e. The molecule has 0 radical (unpaired) electrons.